The first-order chi connectivity index (χ1) is 13.3. The Kier molecular flexibility index (Phi) is 5.49. The van der Waals surface area contributed by atoms with Crippen molar-refractivity contribution in [3.05, 3.63) is 47.0 Å². The zero-order valence-electron chi connectivity index (χ0n) is 16.9. The second kappa shape index (κ2) is 7.84. The zero-order valence-corrected chi connectivity index (χ0v) is 16.9. The highest BCUT2D eigenvalue weighted by Crippen LogP contribution is 2.42. The molecule has 1 aliphatic heterocycles. The minimum Gasteiger partial charge on any atom is -0.493 e. The maximum absolute atomic E-state index is 13.2. The van der Waals surface area contributed by atoms with E-state index in [1.807, 2.05) is 63.2 Å². The summed E-state index contributed by atoms with van der Waals surface area (Å²) >= 11 is 0. The predicted octanol–water partition coefficient (Wildman–Crippen LogP) is 3.99. The Balaban J connectivity index is 2.00. The maximum Gasteiger partial charge on any atom is 0.231 e. The average Bonchev–Trinajstić information content (AvgIpc) is 3.12. The molecule has 0 bridgehead atoms. The molecule has 0 fully saturated rings. The molecule has 0 unspecified atom stereocenters. The van der Waals surface area contributed by atoms with Crippen molar-refractivity contribution in [3.63, 3.8) is 0 Å². The molecular weight excluding hydrogens is 356 g/mol. The lowest BCUT2D eigenvalue weighted by molar-refractivity contribution is 0.102. The summed E-state index contributed by atoms with van der Waals surface area (Å²) in [6.07, 6.45) is 1.87. The Bertz CT molecular complexity index is 932. The number of hydrogen-bond acceptors (Lipinski definition) is 6. The first kappa shape index (κ1) is 19.6. The van der Waals surface area contributed by atoms with Crippen LogP contribution in [0.5, 0.6) is 17.2 Å². The molecule has 0 saturated heterocycles. The number of anilines is 2. The van der Waals surface area contributed by atoms with Gasteiger partial charge in [-0.3, -0.25) is 4.79 Å². The molecule has 0 aliphatic carbocycles. The fraction of sp³-hybridized carbons (Fsp3) is 0.318. The standard InChI is InChI=1S/C22H26N2O4/c1-13(2)16(21(25)15-6-7-18(24(3)4)17(23)11-15)8-14-9-19(26-5)22-20(10-14)27-12-28-22/h6-11,13H,12,23H2,1-5H3/b16-8+. The van der Waals surface area contributed by atoms with Crippen LogP contribution in [0.4, 0.5) is 11.4 Å². The molecule has 2 N–H and O–H groups in total. The van der Waals surface area contributed by atoms with E-state index >= 15 is 0 Å². The summed E-state index contributed by atoms with van der Waals surface area (Å²) in [6.45, 7) is 4.14. The van der Waals surface area contributed by atoms with E-state index in [4.69, 9.17) is 19.9 Å². The van der Waals surface area contributed by atoms with E-state index in [0.29, 0.717) is 34.1 Å². The topological polar surface area (TPSA) is 74.0 Å². The Morgan fingerprint density at radius 1 is 1.21 bits per heavy atom. The van der Waals surface area contributed by atoms with Crippen LogP contribution in [0.1, 0.15) is 29.8 Å². The van der Waals surface area contributed by atoms with Gasteiger partial charge >= 0.3 is 0 Å². The third-order valence-electron chi connectivity index (χ3n) is 4.66. The lowest BCUT2D eigenvalue weighted by Gasteiger charge is -2.17. The number of methoxy groups -OCH3 is 1. The summed E-state index contributed by atoms with van der Waals surface area (Å²) in [7, 11) is 5.41. The van der Waals surface area contributed by atoms with Gasteiger partial charge in [-0.05, 0) is 47.9 Å². The number of fused-ring (bicyclic) bond motifs is 1. The van der Waals surface area contributed by atoms with Crippen LogP contribution in [0.3, 0.4) is 0 Å². The SMILES string of the molecule is COc1cc(/C=C(/C(=O)c2ccc(N(C)C)c(N)c2)C(C)C)cc2c1OCO2. The second-order valence-electron chi connectivity index (χ2n) is 7.21. The third kappa shape index (κ3) is 3.76. The highest BCUT2D eigenvalue weighted by Gasteiger charge is 2.21. The van der Waals surface area contributed by atoms with Gasteiger partial charge < -0.3 is 24.8 Å². The van der Waals surface area contributed by atoms with Crippen LogP contribution in [0.15, 0.2) is 35.9 Å². The Hall–Kier alpha value is -3.15. The molecule has 148 valence electrons. The van der Waals surface area contributed by atoms with E-state index in [1.54, 1.807) is 13.2 Å². The number of benzene rings is 2. The van der Waals surface area contributed by atoms with Gasteiger partial charge in [-0.2, -0.15) is 0 Å². The van der Waals surface area contributed by atoms with Crippen molar-refractivity contribution in [2.24, 2.45) is 5.92 Å². The van der Waals surface area contributed by atoms with Gasteiger partial charge in [-0.15, -0.1) is 0 Å². The fourth-order valence-electron chi connectivity index (χ4n) is 3.18. The van der Waals surface area contributed by atoms with Crippen molar-refractivity contribution in [2.45, 2.75) is 13.8 Å². The normalized spacial score (nSPS) is 13.0. The summed E-state index contributed by atoms with van der Waals surface area (Å²) in [6, 6.07) is 9.10. The van der Waals surface area contributed by atoms with Crippen LogP contribution in [-0.4, -0.2) is 33.8 Å². The van der Waals surface area contributed by atoms with Crippen molar-refractivity contribution in [3.8, 4) is 17.2 Å². The van der Waals surface area contributed by atoms with Gasteiger partial charge in [-0.25, -0.2) is 0 Å². The number of Topliss-reactive ketones (excluding diaryl/α,β-unsaturated/α-hetero) is 1. The quantitative estimate of drug-likeness (QED) is 0.463. The molecule has 2 aromatic rings. The summed E-state index contributed by atoms with van der Waals surface area (Å²) in [5, 5.41) is 0. The molecule has 6 heteroatoms. The number of ketones is 1. The predicted molar refractivity (Wildman–Crippen MR) is 111 cm³/mol. The van der Waals surface area contributed by atoms with Gasteiger partial charge in [0.05, 0.1) is 18.5 Å². The Labute approximate surface area is 165 Å². The Morgan fingerprint density at radius 3 is 2.57 bits per heavy atom. The summed E-state index contributed by atoms with van der Waals surface area (Å²) in [5.41, 5.74) is 9.64. The molecule has 0 aromatic heterocycles. The van der Waals surface area contributed by atoms with Crippen LogP contribution in [0.25, 0.3) is 6.08 Å². The average molecular weight is 382 g/mol. The third-order valence-corrected chi connectivity index (χ3v) is 4.66. The van der Waals surface area contributed by atoms with Crippen molar-refractivity contribution in [1.29, 1.82) is 0 Å². The molecule has 28 heavy (non-hydrogen) atoms. The summed E-state index contributed by atoms with van der Waals surface area (Å²) in [5.74, 6) is 1.75. The molecule has 2 aromatic carbocycles. The van der Waals surface area contributed by atoms with Gasteiger partial charge in [0.2, 0.25) is 12.5 Å². The smallest absolute Gasteiger partial charge is 0.231 e. The number of hydrogen-bond donors (Lipinski definition) is 1. The number of allylic oxidation sites excluding steroid dienone is 1. The number of nitrogen functional groups attached to an aromatic ring is 1. The monoisotopic (exact) mass is 382 g/mol. The minimum absolute atomic E-state index is 0.0265. The van der Waals surface area contributed by atoms with Crippen LogP contribution < -0.4 is 24.8 Å². The molecule has 0 atom stereocenters. The van der Waals surface area contributed by atoms with E-state index < -0.39 is 0 Å². The van der Waals surface area contributed by atoms with Gasteiger partial charge in [-0.1, -0.05) is 13.8 Å². The van der Waals surface area contributed by atoms with Crippen LogP contribution in [0, 0.1) is 5.92 Å². The number of carbonyl (C=O) groups excluding carboxylic acids is 1. The summed E-state index contributed by atoms with van der Waals surface area (Å²) < 4.78 is 16.3. The van der Waals surface area contributed by atoms with E-state index in [2.05, 4.69) is 0 Å². The highest BCUT2D eigenvalue weighted by molar-refractivity contribution is 6.12. The lowest BCUT2D eigenvalue weighted by Crippen LogP contribution is -2.13. The fourth-order valence-corrected chi connectivity index (χ4v) is 3.18. The number of nitrogens with two attached hydrogens (primary N) is 1. The number of ether oxygens (including phenoxy) is 3. The van der Waals surface area contributed by atoms with Gasteiger partial charge in [0.1, 0.15) is 0 Å². The van der Waals surface area contributed by atoms with Crippen LogP contribution in [0.2, 0.25) is 0 Å². The first-order valence-corrected chi connectivity index (χ1v) is 9.12. The maximum atomic E-state index is 13.2. The minimum atomic E-state index is -0.0522. The zero-order chi connectivity index (χ0) is 20.4. The van der Waals surface area contributed by atoms with Gasteiger partial charge in [0, 0.05) is 25.2 Å². The second-order valence-corrected chi connectivity index (χ2v) is 7.21. The molecule has 0 radical (unpaired) electrons. The van der Waals surface area contributed by atoms with Gasteiger partial charge in [0.15, 0.2) is 17.3 Å². The van der Waals surface area contributed by atoms with E-state index in [-0.39, 0.29) is 18.5 Å². The Morgan fingerprint density at radius 2 is 1.96 bits per heavy atom. The van der Waals surface area contributed by atoms with Crippen LogP contribution in [-0.2, 0) is 0 Å². The molecule has 0 amide bonds. The summed E-state index contributed by atoms with van der Waals surface area (Å²) in [4.78, 5) is 15.1. The number of rotatable bonds is 6. The van der Waals surface area contributed by atoms with Crippen molar-refractivity contribution in [2.75, 3.05) is 38.6 Å². The molecule has 0 saturated carbocycles. The largest absolute Gasteiger partial charge is 0.493 e. The molecule has 3 rings (SSSR count). The number of nitrogens with zero attached hydrogens (tertiary/aromatic N) is 1. The first-order valence-electron chi connectivity index (χ1n) is 9.12. The van der Waals surface area contributed by atoms with Crippen molar-refractivity contribution in [1.82, 2.24) is 0 Å². The van der Waals surface area contributed by atoms with Gasteiger partial charge in [0.25, 0.3) is 0 Å². The molecule has 1 heterocycles. The highest BCUT2D eigenvalue weighted by atomic mass is 16.7. The van der Waals surface area contributed by atoms with Crippen LogP contribution >= 0.6 is 0 Å². The lowest BCUT2D eigenvalue weighted by atomic mass is 9.92. The van der Waals surface area contributed by atoms with E-state index in [0.717, 1.165) is 11.3 Å². The molecule has 0 spiro atoms. The van der Waals surface area contributed by atoms with E-state index in [1.165, 1.54) is 0 Å². The molecular formula is C22H26N2O4. The van der Waals surface area contributed by atoms with Crippen molar-refractivity contribution < 1.29 is 19.0 Å². The molecule has 1 aliphatic rings. The number of carbonyl (C=O) groups is 1. The molecule has 6 nitrogen and oxygen atoms in total. The van der Waals surface area contributed by atoms with E-state index in [9.17, 15) is 4.79 Å². The van der Waals surface area contributed by atoms with Crippen molar-refractivity contribution >= 4 is 23.2 Å².